The molecule has 6 heteroatoms. The van der Waals surface area contributed by atoms with Gasteiger partial charge in [0.2, 0.25) is 0 Å². The molecule has 0 radical (unpaired) electrons. The normalized spacial score (nSPS) is 21.1. The lowest BCUT2D eigenvalue weighted by atomic mass is 10.2. The zero-order valence-corrected chi connectivity index (χ0v) is 13.3. The molecular formula is C16H19N2O3S+. The van der Waals surface area contributed by atoms with Gasteiger partial charge in [-0.3, -0.25) is 9.59 Å². The number of thioether (sulfide) groups is 1. The van der Waals surface area contributed by atoms with Gasteiger partial charge in [-0.1, -0.05) is 18.2 Å². The van der Waals surface area contributed by atoms with E-state index < -0.39 is 0 Å². The van der Waals surface area contributed by atoms with Gasteiger partial charge in [-0.25, -0.2) is 4.90 Å². The highest BCUT2D eigenvalue weighted by atomic mass is 32.2. The van der Waals surface area contributed by atoms with Crippen molar-refractivity contribution in [2.75, 3.05) is 26.9 Å². The Kier molecular flexibility index (Phi) is 4.49. The van der Waals surface area contributed by atoms with Crippen LogP contribution in [-0.4, -0.2) is 42.9 Å². The van der Waals surface area contributed by atoms with Crippen LogP contribution in [0.15, 0.2) is 29.2 Å². The smallest absolute Gasteiger partial charge is 0.298 e. The number of likely N-dealkylation sites (tertiary alicyclic amines) is 1. The number of carbonyl (C=O) groups excluding carboxylic acids is 2. The van der Waals surface area contributed by atoms with Gasteiger partial charge in [-0.2, -0.15) is 0 Å². The number of nitrogens with zero attached hydrogens (tertiary/aromatic N) is 1. The molecule has 0 aromatic heterocycles. The maximum absolute atomic E-state index is 12.5. The molecule has 0 bridgehead atoms. The number of hydrogen-bond acceptors (Lipinski definition) is 4. The molecule has 0 atom stereocenters. The van der Waals surface area contributed by atoms with Crippen LogP contribution in [0.4, 0.5) is 4.79 Å². The zero-order valence-electron chi connectivity index (χ0n) is 12.5. The van der Waals surface area contributed by atoms with E-state index in [9.17, 15) is 9.59 Å². The second-order valence-corrected chi connectivity index (χ2v) is 6.46. The molecule has 2 saturated heterocycles. The van der Waals surface area contributed by atoms with Crippen molar-refractivity contribution in [2.45, 2.75) is 12.8 Å². The molecule has 2 aliphatic heterocycles. The molecule has 5 nitrogen and oxygen atoms in total. The first-order valence-corrected chi connectivity index (χ1v) is 8.22. The van der Waals surface area contributed by atoms with E-state index in [4.69, 9.17) is 4.74 Å². The van der Waals surface area contributed by atoms with E-state index >= 15 is 0 Å². The Balaban J connectivity index is 1.79. The third-order valence-corrected chi connectivity index (χ3v) is 4.90. The number of para-hydroxylation sites is 1. The van der Waals surface area contributed by atoms with Gasteiger partial charge in [-0.15, -0.1) is 0 Å². The standard InChI is InChI=1S/C16H18N2O3S/c1-21-13-7-3-2-6-12(13)10-14-15(19)18(16(20)22-14)11-17-8-4-5-9-17/h2-3,6-7,10H,4-5,8-9,11H2,1H3/p+1/b14-10+. The van der Waals surface area contributed by atoms with E-state index in [1.807, 2.05) is 24.3 Å². The molecule has 1 aromatic rings. The quantitative estimate of drug-likeness (QED) is 0.852. The number of ether oxygens (including phenoxy) is 1. The van der Waals surface area contributed by atoms with Crippen molar-refractivity contribution in [3.63, 3.8) is 0 Å². The predicted octanol–water partition coefficient (Wildman–Crippen LogP) is 1.37. The fourth-order valence-corrected chi connectivity index (χ4v) is 3.65. The largest absolute Gasteiger partial charge is 0.496 e. The molecule has 2 fully saturated rings. The fourth-order valence-electron chi connectivity index (χ4n) is 2.82. The molecule has 22 heavy (non-hydrogen) atoms. The molecule has 2 heterocycles. The van der Waals surface area contributed by atoms with Crippen molar-refractivity contribution in [1.29, 1.82) is 0 Å². The van der Waals surface area contributed by atoms with Crippen LogP contribution in [0.5, 0.6) is 5.75 Å². The molecule has 0 spiro atoms. The molecule has 0 aliphatic carbocycles. The van der Waals surface area contributed by atoms with Crippen molar-refractivity contribution < 1.29 is 19.2 Å². The molecule has 0 saturated carbocycles. The Hall–Kier alpha value is -1.79. The average Bonchev–Trinajstić information content (AvgIpc) is 3.12. The summed E-state index contributed by atoms with van der Waals surface area (Å²) in [7, 11) is 1.59. The van der Waals surface area contributed by atoms with Crippen molar-refractivity contribution in [1.82, 2.24) is 4.90 Å². The minimum absolute atomic E-state index is 0.175. The van der Waals surface area contributed by atoms with Crippen molar-refractivity contribution in [2.24, 2.45) is 0 Å². The predicted molar refractivity (Wildman–Crippen MR) is 85.6 cm³/mol. The summed E-state index contributed by atoms with van der Waals surface area (Å²) in [6, 6.07) is 7.47. The second kappa shape index (κ2) is 6.54. The molecule has 116 valence electrons. The van der Waals surface area contributed by atoms with Crippen LogP contribution in [0.25, 0.3) is 6.08 Å². The van der Waals surface area contributed by atoms with Gasteiger partial charge in [-0.05, 0) is 23.9 Å². The first-order valence-electron chi connectivity index (χ1n) is 7.41. The first-order chi connectivity index (χ1) is 10.7. The second-order valence-electron chi connectivity index (χ2n) is 5.47. The summed E-state index contributed by atoms with van der Waals surface area (Å²) < 4.78 is 5.28. The van der Waals surface area contributed by atoms with Gasteiger partial charge in [0.05, 0.1) is 25.1 Å². The third-order valence-electron chi connectivity index (χ3n) is 3.99. The Morgan fingerprint density at radius 3 is 2.73 bits per heavy atom. The van der Waals surface area contributed by atoms with E-state index in [2.05, 4.69) is 0 Å². The fraction of sp³-hybridized carbons (Fsp3) is 0.375. The number of imide groups is 1. The molecule has 1 N–H and O–H groups in total. The molecule has 1 aromatic carbocycles. The Morgan fingerprint density at radius 2 is 2.00 bits per heavy atom. The Morgan fingerprint density at radius 1 is 1.27 bits per heavy atom. The van der Waals surface area contributed by atoms with Crippen LogP contribution in [0, 0.1) is 0 Å². The minimum Gasteiger partial charge on any atom is -0.496 e. The molecule has 2 aliphatic rings. The van der Waals surface area contributed by atoms with Crippen LogP contribution < -0.4 is 9.64 Å². The monoisotopic (exact) mass is 319 g/mol. The van der Waals surface area contributed by atoms with Gasteiger partial charge in [0.15, 0.2) is 6.67 Å². The van der Waals surface area contributed by atoms with Gasteiger partial charge >= 0.3 is 0 Å². The molecule has 0 unspecified atom stereocenters. The number of rotatable bonds is 4. The maximum Gasteiger partial charge on any atom is 0.298 e. The van der Waals surface area contributed by atoms with E-state index in [1.54, 1.807) is 13.2 Å². The number of carbonyl (C=O) groups is 2. The number of quaternary nitrogens is 1. The van der Waals surface area contributed by atoms with Crippen molar-refractivity contribution in [3.05, 3.63) is 34.7 Å². The van der Waals surface area contributed by atoms with E-state index in [0.29, 0.717) is 17.3 Å². The van der Waals surface area contributed by atoms with Gasteiger partial charge in [0.1, 0.15) is 5.75 Å². The topological polar surface area (TPSA) is 51.0 Å². The van der Waals surface area contributed by atoms with Gasteiger partial charge in [0, 0.05) is 18.4 Å². The van der Waals surface area contributed by atoms with Crippen molar-refractivity contribution in [3.8, 4) is 5.75 Å². The number of nitrogens with one attached hydrogen (secondary N) is 1. The van der Waals surface area contributed by atoms with Crippen LogP contribution in [-0.2, 0) is 4.79 Å². The lowest BCUT2D eigenvalue weighted by molar-refractivity contribution is -0.894. The highest BCUT2D eigenvalue weighted by Gasteiger charge is 2.38. The van der Waals surface area contributed by atoms with Crippen LogP contribution >= 0.6 is 11.8 Å². The van der Waals surface area contributed by atoms with E-state index in [-0.39, 0.29) is 11.1 Å². The lowest BCUT2D eigenvalue weighted by Crippen LogP contribution is -3.11. The molecular weight excluding hydrogens is 300 g/mol. The van der Waals surface area contributed by atoms with Gasteiger partial charge in [0.25, 0.3) is 11.1 Å². The summed E-state index contributed by atoms with van der Waals surface area (Å²) in [5.41, 5.74) is 0.809. The number of amides is 2. The summed E-state index contributed by atoms with van der Waals surface area (Å²) in [6.07, 6.45) is 4.08. The van der Waals surface area contributed by atoms with E-state index in [0.717, 1.165) is 30.4 Å². The van der Waals surface area contributed by atoms with E-state index in [1.165, 1.54) is 22.6 Å². The third kappa shape index (κ3) is 3.03. The van der Waals surface area contributed by atoms with Crippen LogP contribution in [0.1, 0.15) is 18.4 Å². The summed E-state index contributed by atoms with van der Waals surface area (Å²) in [5.74, 6) is 0.500. The minimum atomic E-state index is -0.194. The zero-order chi connectivity index (χ0) is 15.5. The number of benzene rings is 1. The van der Waals surface area contributed by atoms with Crippen LogP contribution in [0.2, 0.25) is 0 Å². The Labute approximate surface area is 133 Å². The highest BCUT2D eigenvalue weighted by Crippen LogP contribution is 2.33. The average molecular weight is 319 g/mol. The summed E-state index contributed by atoms with van der Waals surface area (Å²) >= 11 is 1.01. The summed E-state index contributed by atoms with van der Waals surface area (Å²) in [6.45, 7) is 2.55. The number of hydrogen-bond donors (Lipinski definition) is 1. The maximum atomic E-state index is 12.5. The van der Waals surface area contributed by atoms with Crippen LogP contribution in [0.3, 0.4) is 0 Å². The molecule has 3 rings (SSSR count). The Bertz CT molecular complexity index is 624. The summed E-state index contributed by atoms with van der Waals surface area (Å²) in [5, 5.41) is -0.175. The highest BCUT2D eigenvalue weighted by molar-refractivity contribution is 8.18. The number of methoxy groups -OCH3 is 1. The van der Waals surface area contributed by atoms with Gasteiger partial charge < -0.3 is 9.64 Å². The van der Waals surface area contributed by atoms with Crippen molar-refractivity contribution >= 4 is 29.0 Å². The lowest BCUT2D eigenvalue weighted by Gasteiger charge is -2.18. The first kappa shape index (κ1) is 15.1. The SMILES string of the molecule is COc1ccccc1/C=C1/SC(=O)N(C[NH+]2CCCC2)C1=O. The summed E-state index contributed by atoms with van der Waals surface area (Å²) in [4.78, 5) is 27.7. The molecule has 2 amide bonds.